The number of rotatable bonds is 7. The fourth-order valence-electron chi connectivity index (χ4n) is 2.31. The summed E-state index contributed by atoms with van der Waals surface area (Å²) in [6, 6.07) is 8.76. The van der Waals surface area contributed by atoms with Crippen LogP contribution in [0.3, 0.4) is 0 Å². The van der Waals surface area contributed by atoms with Gasteiger partial charge in [-0.05, 0) is 53.8 Å². The summed E-state index contributed by atoms with van der Waals surface area (Å²) >= 11 is 9.15. The van der Waals surface area contributed by atoms with Crippen LogP contribution in [0.1, 0.15) is 11.6 Å². The number of nitrogens with zero attached hydrogens (tertiary/aromatic N) is 2. The van der Waals surface area contributed by atoms with Crippen LogP contribution in [0.15, 0.2) is 45.9 Å². The number of pyridine rings is 1. The summed E-state index contributed by atoms with van der Waals surface area (Å²) in [5.41, 5.74) is 0.936. The third-order valence-electron chi connectivity index (χ3n) is 3.63. The van der Waals surface area contributed by atoms with Gasteiger partial charge in [-0.3, -0.25) is 0 Å². The number of hydrogen-bond acceptors (Lipinski definition) is 5. The monoisotopic (exact) mass is 447 g/mol. The van der Waals surface area contributed by atoms with Crippen molar-refractivity contribution in [1.29, 1.82) is 0 Å². The van der Waals surface area contributed by atoms with E-state index in [0.29, 0.717) is 10.2 Å². The molecular formula is C16H19BrClN3O3S. The molecule has 0 aliphatic heterocycles. The summed E-state index contributed by atoms with van der Waals surface area (Å²) in [5, 5.41) is -0.0708. The quantitative estimate of drug-likeness (QED) is 0.659. The largest absolute Gasteiger partial charge is 0.497 e. The molecule has 0 fully saturated rings. The van der Waals surface area contributed by atoms with E-state index in [9.17, 15) is 8.42 Å². The first-order valence-electron chi connectivity index (χ1n) is 7.35. The molecule has 1 unspecified atom stereocenters. The molecule has 1 atom stereocenters. The number of nitrogens with one attached hydrogen (secondary N) is 1. The van der Waals surface area contributed by atoms with E-state index in [1.807, 2.05) is 43.3 Å². The molecule has 1 N–H and O–H groups in total. The predicted octanol–water partition coefficient (Wildman–Crippen LogP) is 3.09. The lowest BCUT2D eigenvalue weighted by Crippen LogP contribution is -2.34. The number of benzene rings is 1. The predicted molar refractivity (Wildman–Crippen MR) is 102 cm³/mol. The normalized spacial score (nSPS) is 13.0. The van der Waals surface area contributed by atoms with Crippen molar-refractivity contribution >= 4 is 37.6 Å². The van der Waals surface area contributed by atoms with Crippen LogP contribution in [-0.2, 0) is 10.0 Å². The van der Waals surface area contributed by atoms with Crippen molar-refractivity contribution in [1.82, 2.24) is 14.6 Å². The van der Waals surface area contributed by atoms with Crippen LogP contribution in [-0.4, -0.2) is 46.1 Å². The molecule has 0 aliphatic rings. The zero-order valence-corrected chi connectivity index (χ0v) is 17.2. The highest BCUT2D eigenvalue weighted by Gasteiger charge is 2.23. The molecule has 0 saturated carbocycles. The van der Waals surface area contributed by atoms with Gasteiger partial charge in [-0.1, -0.05) is 23.7 Å². The molecule has 0 radical (unpaired) electrons. The van der Waals surface area contributed by atoms with Gasteiger partial charge < -0.3 is 9.64 Å². The minimum atomic E-state index is -3.80. The van der Waals surface area contributed by atoms with Gasteiger partial charge in [-0.25, -0.2) is 18.1 Å². The van der Waals surface area contributed by atoms with Crippen molar-refractivity contribution < 1.29 is 13.2 Å². The highest BCUT2D eigenvalue weighted by atomic mass is 79.9. The van der Waals surface area contributed by atoms with E-state index in [4.69, 9.17) is 16.3 Å². The van der Waals surface area contributed by atoms with Gasteiger partial charge in [-0.15, -0.1) is 0 Å². The topological polar surface area (TPSA) is 71.5 Å². The first-order valence-corrected chi connectivity index (χ1v) is 10.0. The lowest BCUT2D eigenvalue weighted by molar-refractivity contribution is 0.298. The van der Waals surface area contributed by atoms with Crippen LogP contribution in [0.2, 0.25) is 5.15 Å². The number of methoxy groups -OCH3 is 1. The highest BCUT2D eigenvalue weighted by Crippen LogP contribution is 2.25. The Labute approximate surface area is 161 Å². The maximum atomic E-state index is 12.6. The van der Waals surface area contributed by atoms with Gasteiger partial charge in [0.25, 0.3) is 0 Å². The molecule has 1 aromatic heterocycles. The molecule has 136 valence electrons. The number of aromatic nitrogens is 1. The minimum Gasteiger partial charge on any atom is -0.497 e. The van der Waals surface area contributed by atoms with E-state index in [1.54, 1.807) is 7.11 Å². The lowest BCUT2D eigenvalue weighted by atomic mass is 10.1. The van der Waals surface area contributed by atoms with Gasteiger partial charge in [0.05, 0.1) is 7.11 Å². The molecule has 1 aromatic carbocycles. The van der Waals surface area contributed by atoms with E-state index in [0.717, 1.165) is 5.56 Å². The summed E-state index contributed by atoms with van der Waals surface area (Å²) < 4.78 is 33.6. The van der Waals surface area contributed by atoms with Crippen LogP contribution in [0.25, 0.3) is 0 Å². The smallest absolute Gasteiger partial charge is 0.243 e. The summed E-state index contributed by atoms with van der Waals surface area (Å²) in [6.07, 6.45) is 1.44. The maximum absolute atomic E-state index is 12.6. The Hall–Kier alpha value is -1.19. The summed E-state index contributed by atoms with van der Waals surface area (Å²) in [4.78, 5) is 5.73. The molecule has 0 spiro atoms. The van der Waals surface area contributed by atoms with Gasteiger partial charge in [0.1, 0.15) is 15.8 Å². The third-order valence-corrected chi connectivity index (χ3v) is 5.92. The first-order chi connectivity index (χ1) is 11.7. The Morgan fingerprint density at radius 2 is 2.08 bits per heavy atom. The number of halogens is 2. The van der Waals surface area contributed by atoms with Gasteiger partial charge >= 0.3 is 0 Å². The molecular weight excluding hydrogens is 430 g/mol. The van der Waals surface area contributed by atoms with Crippen LogP contribution in [0.5, 0.6) is 5.75 Å². The number of sulfonamides is 1. The molecule has 0 amide bonds. The molecule has 25 heavy (non-hydrogen) atoms. The first kappa shape index (κ1) is 20.1. The highest BCUT2D eigenvalue weighted by molar-refractivity contribution is 9.10. The second-order valence-electron chi connectivity index (χ2n) is 5.55. The Bertz CT molecular complexity index is 846. The van der Waals surface area contributed by atoms with Crippen molar-refractivity contribution in [3.05, 3.63) is 51.7 Å². The van der Waals surface area contributed by atoms with E-state index in [2.05, 4.69) is 25.6 Å². The summed E-state index contributed by atoms with van der Waals surface area (Å²) in [5.74, 6) is 0.714. The van der Waals surface area contributed by atoms with Crippen molar-refractivity contribution in [2.24, 2.45) is 0 Å². The molecule has 6 nitrogen and oxygen atoms in total. The molecule has 0 aliphatic carbocycles. The van der Waals surface area contributed by atoms with Crippen LogP contribution in [0.4, 0.5) is 0 Å². The van der Waals surface area contributed by atoms with E-state index in [-0.39, 0.29) is 22.6 Å². The van der Waals surface area contributed by atoms with Crippen LogP contribution >= 0.6 is 27.5 Å². The Balaban J connectivity index is 2.24. The average molecular weight is 449 g/mol. The fourth-order valence-corrected chi connectivity index (χ4v) is 4.29. The Morgan fingerprint density at radius 3 is 2.72 bits per heavy atom. The van der Waals surface area contributed by atoms with Crippen molar-refractivity contribution in [2.45, 2.75) is 10.9 Å². The van der Waals surface area contributed by atoms with E-state index >= 15 is 0 Å². The van der Waals surface area contributed by atoms with Crippen LogP contribution < -0.4 is 9.46 Å². The van der Waals surface area contributed by atoms with Crippen molar-refractivity contribution in [2.75, 3.05) is 27.7 Å². The zero-order valence-electron chi connectivity index (χ0n) is 14.0. The zero-order chi connectivity index (χ0) is 18.6. The molecule has 9 heteroatoms. The third kappa shape index (κ3) is 5.15. The Morgan fingerprint density at radius 1 is 1.36 bits per heavy atom. The van der Waals surface area contributed by atoms with Gasteiger partial charge in [0, 0.05) is 23.3 Å². The maximum Gasteiger partial charge on any atom is 0.243 e. The standard InChI is InChI=1S/C16H19BrClN3O3S/c1-21(2)14(11-5-4-6-13(7-11)24-3)10-20-25(22,23)15-8-12(17)9-19-16(15)18/h4-9,14,20H,10H2,1-3H3. The van der Waals surface area contributed by atoms with Gasteiger partial charge in [0.2, 0.25) is 10.0 Å². The summed E-state index contributed by atoms with van der Waals surface area (Å²) in [7, 11) is 1.56. The Kier molecular flexibility index (Phi) is 6.81. The average Bonchev–Trinajstić information content (AvgIpc) is 2.57. The van der Waals surface area contributed by atoms with Crippen molar-refractivity contribution in [3.8, 4) is 5.75 Å². The van der Waals surface area contributed by atoms with Gasteiger partial charge in [0.15, 0.2) is 0 Å². The second kappa shape index (κ2) is 8.46. The molecule has 0 saturated heterocycles. The van der Waals surface area contributed by atoms with E-state index in [1.165, 1.54) is 12.3 Å². The number of ether oxygens (including phenoxy) is 1. The molecule has 2 rings (SSSR count). The molecule has 2 aromatic rings. The molecule has 1 heterocycles. The van der Waals surface area contributed by atoms with E-state index < -0.39 is 10.0 Å². The SMILES string of the molecule is COc1cccc(C(CNS(=O)(=O)c2cc(Br)cnc2Cl)N(C)C)c1. The van der Waals surface area contributed by atoms with Crippen molar-refractivity contribution in [3.63, 3.8) is 0 Å². The van der Waals surface area contributed by atoms with Gasteiger partial charge in [-0.2, -0.15) is 0 Å². The number of likely N-dealkylation sites (N-methyl/N-ethyl adjacent to an activating group) is 1. The molecule has 0 bridgehead atoms. The van der Waals surface area contributed by atoms with Crippen LogP contribution in [0, 0.1) is 0 Å². The summed E-state index contributed by atoms with van der Waals surface area (Å²) in [6.45, 7) is 0.172. The second-order valence-corrected chi connectivity index (χ2v) is 8.56. The lowest BCUT2D eigenvalue weighted by Gasteiger charge is -2.25. The number of hydrogen-bond donors (Lipinski definition) is 1. The fraction of sp³-hybridized carbons (Fsp3) is 0.312. The minimum absolute atomic E-state index is 0.0632.